The van der Waals surface area contributed by atoms with Gasteiger partial charge < -0.3 is 15.4 Å². The van der Waals surface area contributed by atoms with Crippen LogP contribution in [0.25, 0.3) is 0 Å². The second-order valence-corrected chi connectivity index (χ2v) is 6.71. The lowest BCUT2D eigenvalue weighted by molar-refractivity contribution is -0.115. The summed E-state index contributed by atoms with van der Waals surface area (Å²) in [6, 6.07) is 15.0. The van der Waals surface area contributed by atoms with Gasteiger partial charge in [-0.2, -0.15) is 0 Å². The summed E-state index contributed by atoms with van der Waals surface area (Å²) in [5.74, 6) is 1.34. The highest BCUT2D eigenvalue weighted by molar-refractivity contribution is 6.31. The van der Waals surface area contributed by atoms with E-state index in [4.69, 9.17) is 16.3 Å². The van der Waals surface area contributed by atoms with Crippen LogP contribution < -0.4 is 15.4 Å². The number of carbonyl (C=O) groups excluding carboxylic acids is 1. The van der Waals surface area contributed by atoms with Gasteiger partial charge >= 0.3 is 0 Å². The largest absolute Gasteiger partial charge is 0.494 e. The number of anilines is 1. The molecule has 134 valence electrons. The van der Waals surface area contributed by atoms with Crippen molar-refractivity contribution in [2.45, 2.75) is 26.8 Å². The molecule has 0 fully saturated rings. The van der Waals surface area contributed by atoms with Crippen LogP contribution in [0.3, 0.4) is 0 Å². The Morgan fingerprint density at radius 3 is 2.52 bits per heavy atom. The Hall–Kier alpha value is -2.04. The molecular weight excluding hydrogens is 336 g/mol. The average molecular weight is 361 g/mol. The Labute approximate surface area is 154 Å². The number of amides is 1. The molecule has 2 rings (SSSR count). The topological polar surface area (TPSA) is 50.4 Å². The highest BCUT2D eigenvalue weighted by Gasteiger charge is 2.04. The van der Waals surface area contributed by atoms with E-state index in [1.165, 1.54) is 0 Å². The summed E-state index contributed by atoms with van der Waals surface area (Å²) in [4.78, 5) is 12.0. The fourth-order valence-electron chi connectivity index (χ4n) is 2.20. The maximum Gasteiger partial charge on any atom is 0.238 e. The number of halogens is 1. The molecule has 0 unspecified atom stereocenters. The minimum Gasteiger partial charge on any atom is -0.494 e. The first-order valence-corrected chi connectivity index (χ1v) is 8.89. The van der Waals surface area contributed by atoms with Crippen molar-refractivity contribution in [3.63, 3.8) is 0 Å². The van der Waals surface area contributed by atoms with Crippen molar-refractivity contribution in [2.75, 3.05) is 18.5 Å². The number of hydrogen-bond donors (Lipinski definition) is 2. The first kappa shape index (κ1) is 19.3. The molecule has 0 saturated carbocycles. The summed E-state index contributed by atoms with van der Waals surface area (Å²) in [6.45, 7) is 5.81. The third kappa shape index (κ3) is 7.16. The molecule has 5 heteroatoms. The minimum atomic E-state index is -0.0967. The van der Waals surface area contributed by atoms with Crippen molar-refractivity contribution in [3.8, 4) is 5.75 Å². The van der Waals surface area contributed by atoms with Crippen LogP contribution in [-0.4, -0.2) is 19.1 Å². The van der Waals surface area contributed by atoms with Crippen LogP contribution in [0.5, 0.6) is 5.75 Å². The van der Waals surface area contributed by atoms with Gasteiger partial charge in [0.1, 0.15) is 5.75 Å². The van der Waals surface area contributed by atoms with E-state index < -0.39 is 0 Å². The third-order valence-electron chi connectivity index (χ3n) is 3.66. The molecule has 0 spiro atoms. The quantitative estimate of drug-likeness (QED) is 0.692. The average Bonchev–Trinajstić information content (AvgIpc) is 2.58. The van der Waals surface area contributed by atoms with Gasteiger partial charge in [-0.3, -0.25) is 4.79 Å². The lowest BCUT2D eigenvalue weighted by Gasteiger charge is -2.10. The zero-order valence-electron chi connectivity index (χ0n) is 14.7. The van der Waals surface area contributed by atoms with Gasteiger partial charge in [0.2, 0.25) is 5.91 Å². The molecule has 25 heavy (non-hydrogen) atoms. The van der Waals surface area contributed by atoms with Gasteiger partial charge in [0.15, 0.2) is 0 Å². The Balaban J connectivity index is 1.72. The Morgan fingerprint density at radius 2 is 1.84 bits per heavy atom. The molecule has 0 bridgehead atoms. The van der Waals surface area contributed by atoms with E-state index in [0.717, 1.165) is 23.4 Å². The molecule has 0 heterocycles. The molecule has 0 aliphatic carbocycles. The molecule has 4 nitrogen and oxygen atoms in total. The van der Waals surface area contributed by atoms with Crippen molar-refractivity contribution in [1.82, 2.24) is 5.32 Å². The summed E-state index contributed by atoms with van der Waals surface area (Å²) >= 11 is 6.09. The van der Waals surface area contributed by atoms with Gasteiger partial charge in [0, 0.05) is 17.3 Å². The summed E-state index contributed by atoms with van der Waals surface area (Å²) in [5, 5.41) is 6.64. The van der Waals surface area contributed by atoms with E-state index in [2.05, 4.69) is 24.5 Å². The number of rotatable bonds is 9. The van der Waals surface area contributed by atoms with Gasteiger partial charge in [0.05, 0.1) is 13.2 Å². The predicted octanol–water partition coefficient (Wildman–Crippen LogP) is 4.49. The van der Waals surface area contributed by atoms with Crippen molar-refractivity contribution in [2.24, 2.45) is 5.92 Å². The molecular formula is C20H25ClN2O2. The Bertz CT molecular complexity index is 672. The number of ether oxygens (including phenoxy) is 1. The molecule has 0 saturated heterocycles. The molecule has 1 amide bonds. The molecule has 0 aromatic heterocycles. The number of hydrogen-bond acceptors (Lipinski definition) is 3. The smallest absolute Gasteiger partial charge is 0.238 e. The van der Waals surface area contributed by atoms with Crippen molar-refractivity contribution >= 4 is 23.2 Å². The second kappa shape index (κ2) is 10.1. The van der Waals surface area contributed by atoms with Crippen molar-refractivity contribution in [1.29, 1.82) is 0 Å². The van der Waals surface area contributed by atoms with Crippen molar-refractivity contribution in [3.05, 3.63) is 59.1 Å². The fraction of sp³-hybridized carbons (Fsp3) is 0.350. The molecule has 0 radical (unpaired) electrons. The summed E-state index contributed by atoms with van der Waals surface area (Å²) in [5.41, 5.74) is 1.72. The first-order chi connectivity index (χ1) is 12.0. The normalized spacial score (nSPS) is 10.7. The molecule has 2 aromatic carbocycles. The van der Waals surface area contributed by atoms with Gasteiger partial charge in [-0.1, -0.05) is 43.6 Å². The van der Waals surface area contributed by atoms with Crippen LogP contribution in [0.2, 0.25) is 5.02 Å². The summed E-state index contributed by atoms with van der Waals surface area (Å²) in [7, 11) is 0. The fourth-order valence-corrected chi connectivity index (χ4v) is 2.41. The third-order valence-corrected chi connectivity index (χ3v) is 4.03. The van der Waals surface area contributed by atoms with Crippen LogP contribution in [0, 0.1) is 5.92 Å². The summed E-state index contributed by atoms with van der Waals surface area (Å²) in [6.07, 6.45) is 1.02. The lowest BCUT2D eigenvalue weighted by Crippen LogP contribution is -2.27. The summed E-state index contributed by atoms with van der Waals surface area (Å²) < 4.78 is 5.66. The van der Waals surface area contributed by atoms with Crippen LogP contribution in [0.4, 0.5) is 5.69 Å². The number of benzene rings is 2. The monoisotopic (exact) mass is 360 g/mol. The number of nitrogens with one attached hydrogen (secondary N) is 2. The van der Waals surface area contributed by atoms with Crippen LogP contribution in [0.1, 0.15) is 25.8 Å². The van der Waals surface area contributed by atoms with Crippen LogP contribution >= 0.6 is 11.6 Å². The van der Waals surface area contributed by atoms with E-state index in [0.29, 0.717) is 24.1 Å². The maximum absolute atomic E-state index is 12.0. The highest BCUT2D eigenvalue weighted by atomic mass is 35.5. The van der Waals surface area contributed by atoms with E-state index in [1.807, 2.05) is 48.5 Å². The van der Waals surface area contributed by atoms with Crippen molar-refractivity contribution < 1.29 is 9.53 Å². The van der Waals surface area contributed by atoms with Crippen LogP contribution in [-0.2, 0) is 11.3 Å². The SMILES string of the molecule is CC(C)CCOc1ccc(NC(=O)CNCc2ccccc2Cl)cc1. The highest BCUT2D eigenvalue weighted by Crippen LogP contribution is 2.17. The first-order valence-electron chi connectivity index (χ1n) is 8.51. The molecule has 0 aliphatic heterocycles. The van der Waals surface area contributed by atoms with E-state index in [9.17, 15) is 4.79 Å². The van der Waals surface area contributed by atoms with E-state index in [-0.39, 0.29) is 12.5 Å². The van der Waals surface area contributed by atoms with Gasteiger partial charge in [-0.05, 0) is 48.2 Å². The Kier molecular flexibility index (Phi) is 7.76. The zero-order valence-corrected chi connectivity index (χ0v) is 15.5. The molecule has 0 aliphatic rings. The van der Waals surface area contributed by atoms with Gasteiger partial charge in [0.25, 0.3) is 0 Å². The zero-order chi connectivity index (χ0) is 18.1. The van der Waals surface area contributed by atoms with Crippen LogP contribution in [0.15, 0.2) is 48.5 Å². The molecule has 2 aromatic rings. The molecule has 2 N–H and O–H groups in total. The maximum atomic E-state index is 12.0. The lowest BCUT2D eigenvalue weighted by atomic mass is 10.1. The number of carbonyl (C=O) groups is 1. The standard InChI is InChI=1S/C20H25ClN2O2/c1-15(2)11-12-25-18-9-7-17(8-10-18)23-20(24)14-22-13-16-5-3-4-6-19(16)21/h3-10,15,22H,11-14H2,1-2H3,(H,23,24). The van der Waals surface area contributed by atoms with E-state index >= 15 is 0 Å². The van der Waals surface area contributed by atoms with Gasteiger partial charge in [-0.25, -0.2) is 0 Å². The van der Waals surface area contributed by atoms with E-state index in [1.54, 1.807) is 0 Å². The Morgan fingerprint density at radius 1 is 1.12 bits per heavy atom. The predicted molar refractivity (Wildman–Crippen MR) is 103 cm³/mol. The van der Waals surface area contributed by atoms with Gasteiger partial charge in [-0.15, -0.1) is 0 Å². The second-order valence-electron chi connectivity index (χ2n) is 6.30. The molecule has 0 atom stereocenters. The minimum absolute atomic E-state index is 0.0967.